The van der Waals surface area contributed by atoms with E-state index in [9.17, 15) is 19.3 Å². The number of nitrogens with zero attached hydrogens (tertiary/aromatic N) is 2. The Morgan fingerprint density at radius 3 is 2.64 bits per heavy atom. The maximum atomic E-state index is 14.3. The van der Waals surface area contributed by atoms with Gasteiger partial charge < -0.3 is 20.4 Å². The van der Waals surface area contributed by atoms with Crippen LogP contribution in [0.15, 0.2) is 47.4 Å². The van der Waals surface area contributed by atoms with Crippen LogP contribution in [-0.2, 0) is 0 Å². The molecule has 1 aromatic carbocycles. The summed E-state index contributed by atoms with van der Waals surface area (Å²) in [4.78, 5) is 29.4. The highest BCUT2D eigenvalue weighted by atomic mass is 35.5. The molecule has 0 saturated carbocycles. The third kappa shape index (κ3) is 4.01. The molecular weight excluding hydrogens is 387 g/mol. The summed E-state index contributed by atoms with van der Waals surface area (Å²) < 4.78 is 14.3. The number of aromatic amines is 1. The highest BCUT2D eigenvalue weighted by Gasteiger charge is 2.17. The number of aromatic nitrogens is 2. The van der Waals surface area contributed by atoms with Gasteiger partial charge in [-0.2, -0.15) is 0 Å². The Hall–Kier alpha value is -3.26. The number of rotatable bonds is 5. The summed E-state index contributed by atoms with van der Waals surface area (Å²) in [7, 11) is 0. The van der Waals surface area contributed by atoms with Gasteiger partial charge in [-0.05, 0) is 40.1 Å². The van der Waals surface area contributed by atoms with Crippen molar-refractivity contribution in [2.45, 2.75) is 19.8 Å². The van der Waals surface area contributed by atoms with Gasteiger partial charge in [0.2, 0.25) is 0 Å². The third-order valence-corrected chi connectivity index (χ3v) is 4.31. The van der Waals surface area contributed by atoms with E-state index in [1.165, 1.54) is 36.5 Å². The summed E-state index contributed by atoms with van der Waals surface area (Å²) in [6, 6.07) is 8.29. The minimum atomic E-state index is -0.603. The monoisotopic (exact) mass is 402 g/mol. The van der Waals surface area contributed by atoms with Crippen LogP contribution in [0.5, 0.6) is 0 Å². The molecule has 0 atom stereocenters. The van der Waals surface area contributed by atoms with Crippen molar-refractivity contribution < 1.29 is 9.31 Å². The van der Waals surface area contributed by atoms with Crippen molar-refractivity contribution in [1.29, 1.82) is 0 Å². The first kappa shape index (κ1) is 19.5. The van der Waals surface area contributed by atoms with E-state index in [2.05, 4.69) is 15.3 Å². The normalized spacial score (nSPS) is 10.9. The van der Waals surface area contributed by atoms with Gasteiger partial charge in [-0.3, -0.25) is 4.79 Å². The number of nitro groups is 1. The Morgan fingerprint density at radius 2 is 1.96 bits per heavy atom. The standard InChI is InChI=1S/C19H16ClFN4O3/c1-10(2)18-16(23-12-5-6-22-17(8-12)25(27)28)9-14(19(26)24-18)13-7-11(20)3-4-15(13)21/h3-10H,1-2H3,(H,22,23)(H,24,26). The van der Waals surface area contributed by atoms with Gasteiger partial charge in [-0.15, -0.1) is 0 Å². The number of nitrogens with one attached hydrogen (secondary N) is 2. The molecular formula is C19H16ClFN4O3. The molecule has 0 aliphatic heterocycles. The molecule has 2 aromatic heterocycles. The molecule has 9 heteroatoms. The second kappa shape index (κ2) is 7.77. The molecule has 0 fully saturated rings. The second-order valence-electron chi connectivity index (χ2n) is 6.40. The smallest absolute Gasteiger partial charge is 0.358 e. The van der Waals surface area contributed by atoms with E-state index < -0.39 is 16.3 Å². The van der Waals surface area contributed by atoms with Gasteiger partial charge in [0.1, 0.15) is 12.0 Å². The molecule has 0 aliphatic carbocycles. The third-order valence-electron chi connectivity index (χ3n) is 4.08. The zero-order chi connectivity index (χ0) is 20.4. The first-order chi connectivity index (χ1) is 13.3. The molecule has 0 spiro atoms. The number of anilines is 2. The van der Waals surface area contributed by atoms with Crippen molar-refractivity contribution in [1.82, 2.24) is 9.97 Å². The summed E-state index contributed by atoms with van der Waals surface area (Å²) in [5, 5.41) is 14.3. The van der Waals surface area contributed by atoms with E-state index in [0.29, 0.717) is 22.1 Å². The number of benzene rings is 1. The average molecular weight is 403 g/mol. The molecule has 0 bridgehead atoms. The molecule has 7 nitrogen and oxygen atoms in total. The van der Waals surface area contributed by atoms with Gasteiger partial charge in [0.25, 0.3) is 5.56 Å². The van der Waals surface area contributed by atoms with Crippen molar-refractivity contribution in [2.75, 3.05) is 5.32 Å². The van der Waals surface area contributed by atoms with E-state index in [-0.39, 0.29) is 22.9 Å². The largest absolute Gasteiger partial charge is 0.365 e. The summed E-state index contributed by atoms with van der Waals surface area (Å²) in [6.07, 6.45) is 1.30. The zero-order valence-electron chi connectivity index (χ0n) is 15.0. The molecule has 144 valence electrons. The Labute approximate surface area is 164 Å². The van der Waals surface area contributed by atoms with Crippen LogP contribution in [0.3, 0.4) is 0 Å². The van der Waals surface area contributed by atoms with Crippen molar-refractivity contribution in [2.24, 2.45) is 0 Å². The fourth-order valence-corrected chi connectivity index (χ4v) is 2.93. The molecule has 28 heavy (non-hydrogen) atoms. The predicted octanol–water partition coefficient (Wildman–Crippen LogP) is 5.00. The topological polar surface area (TPSA) is 101 Å². The van der Waals surface area contributed by atoms with Crippen LogP contribution in [0.1, 0.15) is 25.5 Å². The Bertz CT molecular complexity index is 1110. The highest BCUT2D eigenvalue weighted by Crippen LogP contribution is 2.31. The molecule has 2 N–H and O–H groups in total. The van der Waals surface area contributed by atoms with E-state index in [4.69, 9.17) is 11.6 Å². The summed E-state index contributed by atoms with van der Waals surface area (Å²) >= 11 is 5.95. The molecule has 0 saturated heterocycles. The Kier molecular flexibility index (Phi) is 5.41. The van der Waals surface area contributed by atoms with Crippen molar-refractivity contribution in [3.8, 4) is 11.1 Å². The molecule has 0 unspecified atom stereocenters. The van der Waals surface area contributed by atoms with Gasteiger partial charge in [0, 0.05) is 22.3 Å². The number of H-pyrrole nitrogens is 1. The van der Waals surface area contributed by atoms with Crippen LogP contribution >= 0.6 is 11.6 Å². The van der Waals surface area contributed by atoms with Crippen LogP contribution < -0.4 is 10.9 Å². The van der Waals surface area contributed by atoms with Gasteiger partial charge in [-0.1, -0.05) is 25.4 Å². The van der Waals surface area contributed by atoms with Gasteiger partial charge in [-0.25, -0.2) is 4.39 Å². The van der Waals surface area contributed by atoms with E-state index in [1.54, 1.807) is 6.07 Å². The molecule has 0 aliphatic rings. The van der Waals surface area contributed by atoms with Crippen LogP contribution in [-0.4, -0.2) is 14.9 Å². The van der Waals surface area contributed by atoms with E-state index >= 15 is 0 Å². The summed E-state index contributed by atoms with van der Waals surface area (Å²) in [5.74, 6) is -0.968. The minimum Gasteiger partial charge on any atom is -0.358 e. The molecule has 0 amide bonds. The van der Waals surface area contributed by atoms with Crippen molar-refractivity contribution in [3.63, 3.8) is 0 Å². The lowest BCUT2D eigenvalue weighted by atomic mass is 10.0. The first-order valence-corrected chi connectivity index (χ1v) is 8.74. The predicted molar refractivity (Wildman–Crippen MR) is 106 cm³/mol. The molecule has 0 radical (unpaired) electrons. The SMILES string of the molecule is CC(C)c1[nH]c(=O)c(-c2cc(Cl)ccc2F)cc1Nc1ccnc([N+](=O)[O-])c1. The molecule has 2 heterocycles. The average Bonchev–Trinajstić information content (AvgIpc) is 2.65. The lowest BCUT2D eigenvalue weighted by Gasteiger charge is -2.16. The van der Waals surface area contributed by atoms with Crippen LogP contribution in [0, 0.1) is 15.9 Å². The van der Waals surface area contributed by atoms with Gasteiger partial charge >= 0.3 is 5.82 Å². The fraction of sp³-hybridized carbons (Fsp3) is 0.158. The van der Waals surface area contributed by atoms with E-state index in [0.717, 1.165) is 0 Å². The summed E-state index contributed by atoms with van der Waals surface area (Å²) in [6.45, 7) is 3.76. The summed E-state index contributed by atoms with van der Waals surface area (Å²) in [5.41, 5.74) is 1.17. The van der Waals surface area contributed by atoms with Crippen LogP contribution in [0.25, 0.3) is 11.1 Å². The van der Waals surface area contributed by atoms with Crippen molar-refractivity contribution >= 4 is 28.8 Å². The Morgan fingerprint density at radius 1 is 1.21 bits per heavy atom. The zero-order valence-corrected chi connectivity index (χ0v) is 15.7. The Balaban J connectivity index is 2.14. The minimum absolute atomic E-state index is 0.0628. The van der Waals surface area contributed by atoms with Crippen LogP contribution in [0.2, 0.25) is 5.02 Å². The second-order valence-corrected chi connectivity index (χ2v) is 6.84. The van der Waals surface area contributed by atoms with Gasteiger partial charge in [0.15, 0.2) is 0 Å². The maximum absolute atomic E-state index is 14.3. The number of hydrogen-bond donors (Lipinski definition) is 2. The van der Waals surface area contributed by atoms with Crippen LogP contribution in [0.4, 0.5) is 21.6 Å². The van der Waals surface area contributed by atoms with Crippen molar-refractivity contribution in [3.05, 3.63) is 79.6 Å². The lowest BCUT2D eigenvalue weighted by Crippen LogP contribution is -2.15. The maximum Gasteiger partial charge on any atom is 0.365 e. The lowest BCUT2D eigenvalue weighted by molar-refractivity contribution is -0.389. The molecule has 3 aromatic rings. The van der Waals surface area contributed by atoms with E-state index in [1.807, 2.05) is 13.8 Å². The fourth-order valence-electron chi connectivity index (χ4n) is 2.76. The highest BCUT2D eigenvalue weighted by molar-refractivity contribution is 6.30. The molecule has 3 rings (SSSR count). The quantitative estimate of drug-likeness (QED) is 0.461. The first-order valence-electron chi connectivity index (χ1n) is 8.36. The van der Waals surface area contributed by atoms with Gasteiger partial charge in [0.05, 0.1) is 23.0 Å². The number of halogens is 2. The number of hydrogen-bond acceptors (Lipinski definition) is 5. The number of pyridine rings is 2.